The Bertz CT molecular complexity index is 467. The number of benzene rings is 1. The number of nitrogens with zero attached hydrogens (tertiary/aromatic N) is 1. The van der Waals surface area contributed by atoms with Crippen molar-refractivity contribution in [3.05, 3.63) is 47.2 Å². The largest absolute Gasteiger partial charge is 0.366 e. The molecule has 0 aliphatic carbocycles. The molecule has 1 aromatic rings. The number of ketones is 1. The normalized spacial score (nSPS) is 19.5. The number of rotatable bonds is 4. The van der Waals surface area contributed by atoms with Gasteiger partial charge in [0.05, 0.1) is 0 Å². The van der Waals surface area contributed by atoms with Gasteiger partial charge in [-0.3, -0.25) is 4.79 Å². The lowest BCUT2D eigenvalue weighted by Gasteiger charge is -2.27. The molecule has 2 nitrogen and oxygen atoms in total. The average Bonchev–Trinajstić information content (AvgIpc) is 2.68. The molecule has 0 aromatic heterocycles. The Balaban J connectivity index is 2.22. The van der Waals surface area contributed by atoms with Crippen molar-refractivity contribution in [3.63, 3.8) is 0 Å². The Hall–Kier alpha value is -0.840. The zero-order valence-corrected chi connectivity index (χ0v) is 13.0. The fourth-order valence-electron chi connectivity index (χ4n) is 2.50. The Morgan fingerprint density at radius 1 is 1.39 bits per heavy atom. The van der Waals surface area contributed by atoms with Gasteiger partial charge in [-0.1, -0.05) is 52.9 Å². The summed E-state index contributed by atoms with van der Waals surface area (Å²) in [5.74, 6) is 0.220. The van der Waals surface area contributed by atoms with Crippen LogP contribution in [0.15, 0.2) is 41.6 Å². The van der Waals surface area contributed by atoms with E-state index < -0.39 is 0 Å². The second kappa shape index (κ2) is 5.87. The van der Waals surface area contributed by atoms with E-state index in [-0.39, 0.29) is 5.78 Å². The van der Waals surface area contributed by atoms with Crippen molar-refractivity contribution in [2.45, 2.75) is 32.9 Å². The lowest BCUT2D eigenvalue weighted by molar-refractivity contribution is -0.113. The van der Waals surface area contributed by atoms with Crippen LogP contribution in [0.2, 0.25) is 0 Å². The molecule has 1 atom stereocenters. The molecule has 1 aromatic carbocycles. The van der Waals surface area contributed by atoms with E-state index in [2.05, 4.69) is 58.7 Å². The third-order valence-corrected chi connectivity index (χ3v) is 4.56. The SMILES string of the molecule is CC(=O)C1=C(C)N(Cc2ccccc2)C(CI)C1. The summed E-state index contributed by atoms with van der Waals surface area (Å²) >= 11 is 2.41. The van der Waals surface area contributed by atoms with Crippen LogP contribution in [0.25, 0.3) is 0 Å². The van der Waals surface area contributed by atoms with Gasteiger partial charge in [0.25, 0.3) is 0 Å². The molecule has 1 heterocycles. The minimum atomic E-state index is 0.220. The van der Waals surface area contributed by atoms with E-state index in [0.29, 0.717) is 6.04 Å². The van der Waals surface area contributed by atoms with Gasteiger partial charge < -0.3 is 4.90 Å². The highest BCUT2D eigenvalue weighted by molar-refractivity contribution is 14.1. The Labute approximate surface area is 122 Å². The van der Waals surface area contributed by atoms with Gasteiger partial charge in [0.1, 0.15) is 0 Å². The highest BCUT2D eigenvalue weighted by atomic mass is 127. The molecular formula is C15H18INO. The van der Waals surface area contributed by atoms with E-state index in [0.717, 1.165) is 28.7 Å². The summed E-state index contributed by atoms with van der Waals surface area (Å²) in [5.41, 5.74) is 3.47. The molecule has 0 radical (unpaired) electrons. The zero-order valence-electron chi connectivity index (χ0n) is 10.8. The summed E-state index contributed by atoms with van der Waals surface area (Å²) in [6.07, 6.45) is 0.900. The molecule has 0 bridgehead atoms. The van der Waals surface area contributed by atoms with Gasteiger partial charge in [-0.05, 0) is 25.8 Å². The third kappa shape index (κ3) is 2.76. The van der Waals surface area contributed by atoms with E-state index in [1.54, 1.807) is 6.92 Å². The van der Waals surface area contributed by atoms with Gasteiger partial charge in [-0.2, -0.15) is 0 Å². The summed E-state index contributed by atoms with van der Waals surface area (Å²) in [5, 5.41) is 0. The maximum absolute atomic E-state index is 11.6. The van der Waals surface area contributed by atoms with E-state index in [9.17, 15) is 4.79 Å². The molecule has 0 fully saturated rings. The van der Waals surface area contributed by atoms with Crippen LogP contribution in [0, 0.1) is 0 Å². The Kier molecular flexibility index (Phi) is 4.43. The quantitative estimate of drug-likeness (QED) is 0.608. The molecule has 18 heavy (non-hydrogen) atoms. The molecule has 96 valence electrons. The number of carbonyl (C=O) groups is 1. The number of alkyl halides is 1. The van der Waals surface area contributed by atoms with Crippen LogP contribution < -0.4 is 0 Å². The molecule has 1 unspecified atom stereocenters. The zero-order chi connectivity index (χ0) is 13.1. The minimum Gasteiger partial charge on any atom is -0.366 e. The average molecular weight is 355 g/mol. The van der Waals surface area contributed by atoms with Gasteiger partial charge in [0.15, 0.2) is 5.78 Å². The van der Waals surface area contributed by atoms with Crippen molar-refractivity contribution in [3.8, 4) is 0 Å². The first-order valence-corrected chi connectivity index (χ1v) is 7.73. The number of halogens is 1. The summed E-state index contributed by atoms with van der Waals surface area (Å²) < 4.78 is 1.05. The van der Waals surface area contributed by atoms with Crippen LogP contribution in [0.5, 0.6) is 0 Å². The molecular weight excluding hydrogens is 337 g/mol. The first-order chi connectivity index (χ1) is 8.63. The van der Waals surface area contributed by atoms with Crippen molar-refractivity contribution in [1.82, 2.24) is 4.90 Å². The van der Waals surface area contributed by atoms with Crippen molar-refractivity contribution >= 4 is 28.4 Å². The predicted octanol–water partition coefficient (Wildman–Crippen LogP) is 3.56. The van der Waals surface area contributed by atoms with E-state index >= 15 is 0 Å². The Morgan fingerprint density at radius 2 is 2.06 bits per heavy atom. The van der Waals surface area contributed by atoms with Gasteiger partial charge >= 0.3 is 0 Å². The first kappa shape index (κ1) is 13.6. The summed E-state index contributed by atoms with van der Waals surface area (Å²) in [6.45, 7) is 4.65. The summed E-state index contributed by atoms with van der Waals surface area (Å²) in [6, 6.07) is 10.9. The smallest absolute Gasteiger partial charge is 0.157 e. The fourth-order valence-corrected chi connectivity index (χ4v) is 3.29. The molecule has 0 spiro atoms. The Morgan fingerprint density at radius 3 is 2.61 bits per heavy atom. The molecule has 1 aliphatic rings. The van der Waals surface area contributed by atoms with Crippen molar-refractivity contribution in [2.75, 3.05) is 4.43 Å². The number of Topliss-reactive ketones (excluding diaryl/α,β-unsaturated/α-hetero) is 1. The van der Waals surface area contributed by atoms with E-state index in [1.807, 2.05) is 6.07 Å². The predicted molar refractivity (Wildman–Crippen MR) is 82.7 cm³/mol. The van der Waals surface area contributed by atoms with Crippen LogP contribution in [0.4, 0.5) is 0 Å². The van der Waals surface area contributed by atoms with E-state index in [1.165, 1.54) is 5.56 Å². The van der Waals surface area contributed by atoms with Gasteiger partial charge in [-0.15, -0.1) is 0 Å². The van der Waals surface area contributed by atoms with Gasteiger partial charge in [0, 0.05) is 28.3 Å². The molecule has 0 saturated carbocycles. The lowest BCUT2D eigenvalue weighted by atomic mass is 10.1. The minimum absolute atomic E-state index is 0.220. The van der Waals surface area contributed by atoms with Gasteiger partial charge in [0.2, 0.25) is 0 Å². The monoisotopic (exact) mass is 355 g/mol. The molecule has 0 saturated heterocycles. The molecule has 1 aliphatic heterocycles. The maximum atomic E-state index is 11.6. The maximum Gasteiger partial charge on any atom is 0.157 e. The second-order valence-electron chi connectivity index (χ2n) is 4.75. The summed E-state index contributed by atoms with van der Waals surface area (Å²) in [4.78, 5) is 14.0. The topological polar surface area (TPSA) is 20.3 Å². The van der Waals surface area contributed by atoms with Crippen molar-refractivity contribution < 1.29 is 4.79 Å². The van der Waals surface area contributed by atoms with Crippen LogP contribution in [-0.4, -0.2) is 21.2 Å². The molecule has 0 amide bonds. The van der Waals surface area contributed by atoms with Crippen molar-refractivity contribution in [1.29, 1.82) is 0 Å². The van der Waals surface area contributed by atoms with Gasteiger partial charge in [-0.25, -0.2) is 0 Å². The molecule has 3 heteroatoms. The molecule has 2 rings (SSSR count). The molecule has 0 N–H and O–H groups in total. The highest BCUT2D eigenvalue weighted by Crippen LogP contribution is 2.31. The highest BCUT2D eigenvalue weighted by Gasteiger charge is 2.30. The van der Waals surface area contributed by atoms with Crippen LogP contribution >= 0.6 is 22.6 Å². The lowest BCUT2D eigenvalue weighted by Crippen LogP contribution is -2.29. The van der Waals surface area contributed by atoms with E-state index in [4.69, 9.17) is 0 Å². The summed E-state index contributed by atoms with van der Waals surface area (Å²) in [7, 11) is 0. The number of hydrogen-bond acceptors (Lipinski definition) is 2. The van der Waals surface area contributed by atoms with Crippen LogP contribution in [0.3, 0.4) is 0 Å². The number of carbonyl (C=O) groups excluding carboxylic acids is 1. The van der Waals surface area contributed by atoms with Crippen molar-refractivity contribution in [2.24, 2.45) is 0 Å². The second-order valence-corrected chi connectivity index (χ2v) is 5.63. The third-order valence-electron chi connectivity index (χ3n) is 3.55. The number of allylic oxidation sites excluding steroid dienone is 1. The number of hydrogen-bond donors (Lipinski definition) is 0. The van der Waals surface area contributed by atoms with Crippen LogP contribution in [-0.2, 0) is 11.3 Å². The first-order valence-electron chi connectivity index (χ1n) is 6.20. The van der Waals surface area contributed by atoms with Crippen LogP contribution in [0.1, 0.15) is 25.8 Å². The standard InChI is InChI=1S/C15H18INO/c1-11-15(12(2)18)8-14(9-16)17(11)10-13-6-4-3-5-7-13/h3-7,14H,8-10H2,1-2H3. The fraction of sp³-hybridized carbons (Fsp3) is 0.400.